The van der Waals surface area contributed by atoms with Crippen molar-refractivity contribution in [1.82, 2.24) is 15.1 Å². The summed E-state index contributed by atoms with van der Waals surface area (Å²) in [6.45, 7) is -0.00655. The number of nitrogens with zero attached hydrogens (tertiary/aromatic N) is 4. The molecule has 0 aliphatic rings. The SMILES string of the molecule is O=S(=O)(O)OCC[n+]1ccc(-c2ncccn2)cn1. The van der Waals surface area contributed by atoms with Gasteiger partial charge in [-0.15, -0.1) is 0 Å². The van der Waals surface area contributed by atoms with Crippen molar-refractivity contribution in [3.05, 3.63) is 36.9 Å². The average molecular weight is 283 g/mol. The summed E-state index contributed by atoms with van der Waals surface area (Å²) in [7, 11) is -4.41. The second-order valence-corrected chi connectivity index (χ2v) is 4.59. The van der Waals surface area contributed by atoms with Crippen LogP contribution in [0, 0.1) is 0 Å². The molecule has 0 radical (unpaired) electrons. The fraction of sp³-hybridized carbons (Fsp3) is 0.200. The van der Waals surface area contributed by atoms with Crippen LogP contribution in [0.1, 0.15) is 0 Å². The van der Waals surface area contributed by atoms with Crippen molar-refractivity contribution in [2.45, 2.75) is 6.54 Å². The lowest BCUT2D eigenvalue weighted by molar-refractivity contribution is -0.754. The minimum Gasteiger partial charge on any atom is -0.264 e. The van der Waals surface area contributed by atoms with Gasteiger partial charge >= 0.3 is 10.4 Å². The predicted octanol–water partition coefficient (Wildman–Crippen LogP) is -0.355. The smallest absolute Gasteiger partial charge is 0.264 e. The number of hydrogen-bond acceptors (Lipinski definition) is 6. The van der Waals surface area contributed by atoms with E-state index < -0.39 is 10.4 Å². The van der Waals surface area contributed by atoms with E-state index in [9.17, 15) is 8.42 Å². The van der Waals surface area contributed by atoms with Crippen LogP contribution in [-0.2, 0) is 21.1 Å². The van der Waals surface area contributed by atoms with Gasteiger partial charge in [0, 0.05) is 24.0 Å². The molecule has 8 nitrogen and oxygen atoms in total. The Kier molecular flexibility index (Phi) is 4.10. The molecule has 0 spiro atoms. The molecule has 2 rings (SSSR count). The molecular formula is C10H11N4O4S+. The van der Waals surface area contributed by atoms with Crippen LogP contribution in [0.5, 0.6) is 0 Å². The van der Waals surface area contributed by atoms with Gasteiger partial charge in [-0.1, -0.05) is 4.68 Å². The van der Waals surface area contributed by atoms with Gasteiger partial charge < -0.3 is 0 Å². The first-order valence-electron chi connectivity index (χ1n) is 5.29. The lowest BCUT2D eigenvalue weighted by Crippen LogP contribution is -2.39. The van der Waals surface area contributed by atoms with Gasteiger partial charge in [-0.2, -0.15) is 8.42 Å². The molecule has 0 aromatic carbocycles. The van der Waals surface area contributed by atoms with E-state index in [0.29, 0.717) is 5.82 Å². The van der Waals surface area contributed by atoms with Crippen LogP contribution >= 0.6 is 0 Å². The van der Waals surface area contributed by atoms with Gasteiger partial charge in [-0.05, 0) is 11.2 Å². The van der Waals surface area contributed by atoms with Crippen molar-refractivity contribution < 1.29 is 21.8 Å². The van der Waals surface area contributed by atoms with Crippen LogP contribution in [0.15, 0.2) is 36.9 Å². The van der Waals surface area contributed by atoms with E-state index in [1.807, 2.05) is 0 Å². The van der Waals surface area contributed by atoms with Crippen LogP contribution < -0.4 is 4.68 Å². The molecule has 0 aliphatic carbocycles. The maximum atomic E-state index is 10.3. The molecule has 2 heterocycles. The first-order chi connectivity index (χ1) is 9.04. The zero-order chi connectivity index (χ0) is 13.7. The lowest BCUT2D eigenvalue weighted by Gasteiger charge is -1.98. The monoisotopic (exact) mass is 283 g/mol. The van der Waals surface area contributed by atoms with E-state index in [1.165, 1.54) is 4.68 Å². The fourth-order valence-electron chi connectivity index (χ4n) is 1.33. The standard InChI is InChI=1S/C10H10N4O4S/c15-19(16,17)18-7-6-14-5-2-9(8-13-14)10-11-3-1-4-12-10/h1-5,8H,6-7H2/p+1. The third-order valence-corrected chi connectivity index (χ3v) is 2.61. The van der Waals surface area contributed by atoms with E-state index in [-0.39, 0.29) is 13.2 Å². The zero-order valence-electron chi connectivity index (χ0n) is 9.75. The summed E-state index contributed by atoms with van der Waals surface area (Å²) in [6, 6.07) is 3.46. The summed E-state index contributed by atoms with van der Waals surface area (Å²) in [4.78, 5) is 8.15. The lowest BCUT2D eigenvalue weighted by atomic mass is 10.3. The molecule has 0 fully saturated rings. The Balaban J connectivity index is 1.99. The van der Waals surface area contributed by atoms with Gasteiger partial charge in [-0.25, -0.2) is 14.2 Å². The Morgan fingerprint density at radius 1 is 1.32 bits per heavy atom. The van der Waals surface area contributed by atoms with E-state index in [1.54, 1.807) is 36.9 Å². The van der Waals surface area contributed by atoms with Gasteiger partial charge in [0.2, 0.25) is 0 Å². The molecule has 0 unspecified atom stereocenters. The quantitative estimate of drug-likeness (QED) is 0.590. The Labute approximate surface area is 109 Å². The highest BCUT2D eigenvalue weighted by Crippen LogP contribution is 2.08. The van der Waals surface area contributed by atoms with Gasteiger partial charge in [0.05, 0.1) is 0 Å². The zero-order valence-corrected chi connectivity index (χ0v) is 10.6. The van der Waals surface area contributed by atoms with E-state index in [0.717, 1.165) is 5.56 Å². The normalized spacial score (nSPS) is 11.4. The Hall–Kier alpha value is -1.97. The van der Waals surface area contributed by atoms with Crippen molar-refractivity contribution in [1.29, 1.82) is 0 Å². The maximum absolute atomic E-state index is 10.3. The molecule has 2 aromatic heterocycles. The fourth-order valence-corrected chi connectivity index (χ4v) is 1.62. The minimum atomic E-state index is -4.41. The Morgan fingerprint density at radius 3 is 2.63 bits per heavy atom. The van der Waals surface area contributed by atoms with Crippen molar-refractivity contribution in [2.24, 2.45) is 0 Å². The summed E-state index contributed by atoms with van der Waals surface area (Å²) in [5, 5.41) is 4.05. The number of hydrogen-bond donors (Lipinski definition) is 1. The average Bonchev–Trinajstić information content (AvgIpc) is 2.39. The van der Waals surface area contributed by atoms with Crippen molar-refractivity contribution in [3.63, 3.8) is 0 Å². The minimum absolute atomic E-state index is 0.190. The molecule has 1 N–H and O–H groups in total. The largest absolute Gasteiger partial charge is 0.397 e. The van der Waals surface area contributed by atoms with Gasteiger partial charge in [-0.3, -0.25) is 4.55 Å². The molecule has 0 aliphatic heterocycles. The second-order valence-electron chi connectivity index (χ2n) is 3.50. The number of rotatable bonds is 5. The van der Waals surface area contributed by atoms with Gasteiger partial charge in [0.25, 0.3) is 0 Å². The molecule has 0 saturated heterocycles. The molecule has 0 atom stereocenters. The van der Waals surface area contributed by atoms with Crippen LogP contribution in [-0.4, -0.2) is 34.6 Å². The molecule has 100 valence electrons. The molecule has 9 heteroatoms. The maximum Gasteiger partial charge on any atom is 0.397 e. The van der Waals surface area contributed by atoms with Crippen molar-refractivity contribution in [2.75, 3.05) is 6.61 Å². The molecule has 0 saturated carbocycles. The van der Waals surface area contributed by atoms with Crippen LogP contribution in [0.4, 0.5) is 0 Å². The first kappa shape index (κ1) is 13.5. The second kappa shape index (κ2) is 5.78. The molecule has 19 heavy (non-hydrogen) atoms. The third-order valence-electron chi connectivity index (χ3n) is 2.15. The van der Waals surface area contributed by atoms with Crippen molar-refractivity contribution in [3.8, 4) is 11.4 Å². The van der Waals surface area contributed by atoms with Crippen LogP contribution in [0.2, 0.25) is 0 Å². The Morgan fingerprint density at radius 2 is 2.05 bits per heavy atom. The van der Waals surface area contributed by atoms with Crippen molar-refractivity contribution >= 4 is 10.4 Å². The first-order valence-corrected chi connectivity index (χ1v) is 6.66. The summed E-state index contributed by atoms with van der Waals surface area (Å²) in [5.41, 5.74) is 0.743. The molecule has 0 amide bonds. The summed E-state index contributed by atoms with van der Waals surface area (Å²) >= 11 is 0. The van der Waals surface area contributed by atoms with Crippen LogP contribution in [0.3, 0.4) is 0 Å². The Bertz CT molecular complexity index is 630. The third kappa shape index (κ3) is 4.32. The number of aromatic nitrogens is 4. The summed E-state index contributed by atoms with van der Waals surface area (Å²) in [6.07, 6.45) is 6.45. The van der Waals surface area contributed by atoms with Crippen LogP contribution in [0.25, 0.3) is 11.4 Å². The molecule has 0 bridgehead atoms. The highest BCUT2D eigenvalue weighted by Gasteiger charge is 2.09. The van der Waals surface area contributed by atoms with E-state index in [2.05, 4.69) is 19.2 Å². The molecule has 2 aromatic rings. The highest BCUT2D eigenvalue weighted by atomic mass is 32.3. The highest BCUT2D eigenvalue weighted by molar-refractivity contribution is 7.80. The molecular weight excluding hydrogens is 272 g/mol. The predicted molar refractivity (Wildman–Crippen MR) is 63.0 cm³/mol. The summed E-state index contributed by atoms with van der Waals surface area (Å²) in [5.74, 6) is 0.552. The van der Waals surface area contributed by atoms with Gasteiger partial charge in [0.15, 0.2) is 18.6 Å². The summed E-state index contributed by atoms with van der Waals surface area (Å²) < 4.78 is 34.7. The van der Waals surface area contributed by atoms with E-state index in [4.69, 9.17) is 4.55 Å². The van der Waals surface area contributed by atoms with Gasteiger partial charge in [0.1, 0.15) is 12.8 Å². The topological polar surface area (TPSA) is 106 Å². The van der Waals surface area contributed by atoms with E-state index >= 15 is 0 Å².